The number of carbonyl (C=O) groups is 1. The molecule has 1 amide bonds. The number of hydrogen-bond donors (Lipinski definition) is 0. The minimum atomic E-state index is -0.138. The number of anilines is 1. The zero-order valence-electron chi connectivity index (χ0n) is 17.0. The van der Waals surface area contributed by atoms with E-state index in [9.17, 15) is 4.79 Å². The average Bonchev–Trinajstić information content (AvgIpc) is 2.95. The number of benzene rings is 2. The SMILES string of the molecule is COc1cc(/C=C2/C(=O)N(c3ccc(C)cc3)N=C2C)ccc1OCC(C)C. The fourth-order valence-corrected chi connectivity index (χ4v) is 2.86. The highest BCUT2D eigenvalue weighted by molar-refractivity contribution is 6.32. The lowest BCUT2D eigenvalue weighted by Crippen LogP contribution is -2.21. The van der Waals surface area contributed by atoms with Gasteiger partial charge in [0.1, 0.15) is 0 Å². The molecule has 0 N–H and O–H groups in total. The van der Waals surface area contributed by atoms with E-state index in [0.717, 1.165) is 16.8 Å². The highest BCUT2D eigenvalue weighted by Gasteiger charge is 2.28. The van der Waals surface area contributed by atoms with E-state index in [4.69, 9.17) is 9.47 Å². The van der Waals surface area contributed by atoms with Gasteiger partial charge in [0, 0.05) is 0 Å². The molecule has 5 nitrogen and oxygen atoms in total. The third-order valence-electron chi connectivity index (χ3n) is 4.41. The van der Waals surface area contributed by atoms with Crippen molar-refractivity contribution < 1.29 is 14.3 Å². The van der Waals surface area contributed by atoms with Crippen molar-refractivity contribution in [3.63, 3.8) is 0 Å². The molecule has 0 saturated heterocycles. The number of amides is 1. The summed E-state index contributed by atoms with van der Waals surface area (Å²) in [6.07, 6.45) is 1.84. The van der Waals surface area contributed by atoms with Crippen LogP contribution < -0.4 is 14.5 Å². The van der Waals surface area contributed by atoms with Gasteiger partial charge in [0.05, 0.1) is 30.7 Å². The van der Waals surface area contributed by atoms with Crippen molar-refractivity contribution in [3.05, 3.63) is 59.2 Å². The van der Waals surface area contributed by atoms with Crippen molar-refractivity contribution in [2.75, 3.05) is 18.7 Å². The number of methoxy groups -OCH3 is 1. The van der Waals surface area contributed by atoms with E-state index < -0.39 is 0 Å². The summed E-state index contributed by atoms with van der Waals surface area (Å²) >= 11 is 0. The first-order chi connectivity index (χ1) is 13.4. The summed E-state index contributed by atoms with van der Waals surface area (Å²) in [6, 6.07) is 13.4. The van der Waals surface area contributed by atoms with Gasteiger partial charge in [0.25, 0.3) is 5.91 Å². The summed E-state index contributed by atoms with van der Waals surface area (Å²) in [5.41, 5.74) is 4.01. The topological polar surface area (TPSA) is 51.1 Å². The monoisotopic (exact) mass is 378 g/mol. The van der Waals surface area contributed by atoms with Crippen LogP contribution in [0.2, 0.25) is 0 Å². The van der Waals surface area contributed by atoms with Crippen LogP contribution in [0.15, 0.2) is 53.1 Å². The minimum absolute atomic E-state index is 0.138. The normalized spacial score (nSPS) is 15.4. The molecule has 0 radical (unpaired) electrons. The molecule has 0 atom stereocenters. The van der Waals surface area contributed by atoms with Crippen LogP contribution in [0.1, 0.15) is 31.9 Å². The first-order valence-electron chi connectivity index (χ1n) is 9.38. The number of carbonyl (C=O) groups excluding carboxylic acids is 1. The maximum Gasteiger partial charge on any atom is 0.280 e. The molecular formula is C23H26N2O3. The molecule has 0 aliphatic carbocycles. The second kappa shape index (κ2) is 8.30. The van der Waals surface area contributed by atoms with Crippen LogP contribution in [-0.2, 0) is 4.79 Å². The molecule has 5 heteroatoms. The van der Waals surface area contributed by atoms with Crippen molar-refractivity contribution in [1.29, 1.82) is 0 Å². The fraction of sp³-hybridized carbons (Fsp3) is 0.304. The Morgan fingerprint density at radius 2 is 1.79 bits per heavy atom. The summed E-state index contributed by atoms with van der Waals surface area (Å²) in [5, 5.41) is 5.87. The molecule has 146 valence electrons. The van der Waals surface area contributed by atoms with Crippen molar-refractivity contribution in [2.24, 2.45) is 11.0 Å². The Bertz CT molecular complexity index is 927. The smallest absolute Gasteiger partial charge is 0.280 e. The highest BCUT2D eigenvalue weighted by Crippen LogP contribution is 2.31. The molecule has 0 saturated carbocycles. The van der Waals surface area contributed by atoms with E-state index in [1.54, 1.807) is 7.11 Å². The summed E-state index contributed by atoms with van der Waals surface area (Å²) in [6.45, 7) is 8.66. The van der Waals surface area contributed by atoms with Gasteiger partial charge in [0.2, 0.25) is 0 Å². The lowest BCUT2D eigenvalue weighted by atomic mass is 10.1. The number of ether oxygens (including phenoxy) is 2. The molecule has 0 bridgehead atoms. The van der Waals surface area contributed by atoms with Crippen LogP contribution in [0.25, 0.3) is 6.08 Å². The molecule has 2 aromatic carbocycles. The quantitative estimate of drug-likeness (QED) is 0.676. The molecule has 0 spiro atoms. The summed E-state index contributed by atoms with van der Waals surface area (Å²) in [5.74, 6) is 1.63. The van der Waals surface area contributed by atoms with Gasteiger partial charge >= 0.3 is 0 Å². The lowest BCUT2D eigenvalue weighted by molar-refractivity contribution is -0.114. The van der Waals surface area contributed by atoms with Crippen LogP contribution >= 0.6 is 0 Å². The standard InChI is InChI=1S/C23H26N2O3/c1-15(2)14-28-21-11-8-18(13-22(21)27-5)12-20-17(4)24-25(23(20)26)19-9-6-16(3)7-10-19/h6-13,15H,14H2,1-5H3/b20-12+. The Morgan fingerprint density at radius 1 is 1.07 bits per heavy atom. The summed E-state index contributed by atoms with van der Waals surface area (Å²) in [4.78, 5) is 12.9. The van der Waals surface area contributed by atoms with Gasteiger partial charge in [-0.1, -0.05) is 37.6 Å². The Labute approximate surface area is 166 Å². The molecule has 1 aliphatic rings. The molecule has 0 aromatic heterocycles. The molecule has 0 fully saturated rings. The van der Waals surface area contributed by atoms with E-state index in [0.29, 0.717) is 35.3 Å². The predicted molar refractivity (Wildman–Crippen MR) is 113 cm³/mol. The van der Waals surface area contributed by atoms with Gasteiger partial charge in [-0.15, -0.1) is 0 Å². The number of rotatable bonds is 6. The van der Waals surface area contributed by atoms with Crippen molar-refractivity contribution in [1.82, 2.24) is 0 Å². The average molecular weight is 378 g/mol. The molecule has 2 aromatic rings. The van der Waals surface area contributed by atoms with E-state index in [2.05, 4.69) is 18.9 Å². The maximum absolute atomic E-state index is 12.9. The van der Waals surface area contributed by atoms with Crippen LogP contribution in [0, 0.1) is 12.8 Å². The summed E-state index contributed by atoms with van der Waals surface area (Å²) in [7, 11) is 1.61. The van der Waals surface area contributed by atoms with Crippen LogP contribution in [-0.4, -0.2) is 25.3 Å². The first-order valence-corrected chi connectivity index (χ1v) is 9.38. The largest absolute Gasteiger partial charge is 0.493 e. The van der Waals surface area contributed by atoms with Crippen LogP contribution in [0.5, 0.6) is 11.5 Å². The van der Waals surface area contributed by atoms with Crippen molar-refractivity contribution in [3.8, 4) is 11.5 Å². The number of aryl methyl sites for hydroxylation is 1. The molecule has 1 heterocycles. The zero-order valence-corrected chi connectivity index (χ0v) is 17.0. The van der Waals surface area contributed by atoms with E-state index in [1.807, 2.05) is 62.4 Å². The number of nitrogens with zero attached hydrogens (tertiary/aromatic N) is 2. The van der Waals surface area contributed by atoms with Gasteiger partial charge in [-0.3, -0.25) is 4.79 Å². The van der Waals surface area contributed by atoms with Gasteiger partial charge in [-0.25, -0.2) is 0 Å². The Hall–Kier alpha value is -3.08. The Kier molecular flexibility index (Phi) is 5.83. The van der Waals surface area contributed by atoms with E-state index in [-0.39, 0.29) is 5.91 Å². The molecule has 28 heavy (non-hydrogen) atoms. The second-order valence-corrected chi connectivity index (χ2v) is 7.31. The third kappa shape index (κ3) is 4.25. The minimum Gasteiger partial charge on any atom is -0.493 e. The Morgan fingerprint density at radius 3 is 2.43 bits per heavy atom. The third-order valence-corrected chi connectivity index (χ3v) is 4.41. The fourth-order valence-electron chi connectivity index (χ4n) is 2.86. The van der Waals surface area contributed by atoms with Gasteiger partial charge in [-0.2, -0.15) is 10.1 Å². The predicted octanol–water partition coefficient (Wildman–Crippen LogP) is 4.84. The van der Waals surface area contributed by atoms with Gasteiger partial charge < -0.3 is 9.47 Å². The van der Waals surface area contributed by atoms with Crippen molar-refractivity contribution in [2.45, 2.75) is 27.7 Å². The maximum atomic E-state index is 12.9. The van der Waals surface area contributed by atoms with Crippen LogP contribution in [0.3, 0.4) is 0 Å². The second-order valence-electron chi connectivity index (χ2n) is 7.31. The molecule has 3 rings (SSSR count). The summed E-state index contributed by atoms with van der Waals surface area (Å²) < 4.78 is 11.3. The molecule has 0 unspecified atom stereocenters. The van der Waals surface area contributed by atoms with E-state index >= 15 is 0 Å². The van der Waals surface area contributed by atoms with Gasteiger partial charge in [-0.05, 0) is 55.7 Å². The molecule has 1 aliphatic heterocycles. The van der Waals surface area contributed by atoms with Crippen LogP contribution in [0.4, 0.5) is 5.69 Å². The zero-order chi connectivity index (χ0) is 20.3. The lowest BCUT2D eigenvalue weighted by Gasteiger charge is -2.13. The number of hydrogen-bond acceptors (Lipinski definition) is 4. The molecular weight excluding hydrogens is 352 g/mol. The van der Waals surface area contributed by atoms with Gasteiger partial charge in [0.15, 0.2) is 11.5 Å². The van der Waals surface area contributed by atoms with E-state index in [1.165, 1.54) is 5.01 Å². The first kappa shape index (κ1) is 19.7. The Balaban J connectivity index is 1.86. The van der Waals surface area contributed by atoms with Crippen molar-refractivity contribution >= 4 is 23.4 Å². The highest BCUT2D eigenvalue weighted by atomic mass is 16.5. The number of hydrazone groups is 1.